The summed E-state index contributed by atoms with van der Waals surface area (Å²) in [4.78, 5) is 250. The molecule has 0 radical (unpaired) electrons. The molecular formula is C95H130N12O28S2. The number of nitrogens with two attached hydrogens (primary N) is 2. The third-order valence-corrected chi connectivity index (χ3v) is 27.9. The highest BCUT2D eigenvalue weighted by atomic mass is 33.1. The number of aliphatic hydroxyl groups is 2. The summed E-state index contributed by atoms with van der Waals surface area (Å²) < 4.78 is 37.4. The number of aliphatic carboxylic acids is 2. The Balaban J connectivity index is 1.02. The summed E-state index contributed by atoms with van der Waals surface area (Å²) in [5.41, 5.74) is 2.45. The van der Waals surface area contributed by atoms with Gasteiger partial charge in [-0.3, -0.25) is 82.7 Å². The number of ketones is 5. The van der Waals surface area contributed by atoms with E-state index in [1.165, 1.54) is 69.7 Å². The smallest absolute Gasteiger partial charge is 0.350 e. The van der Waals surface area contributed by atoms with E-state index in [0.29, 0.717) is 0 Å². The summed E-state index contributed by atoms with van der Waals surface area (Å²) in [6, 6.07) is 16.8. The molecule has 0 spiro atoms. The number of guanidine groups is 2. The third kappa shape index (κ3) is 30.0. The number of ether oxygens (including phenoxy) is 6. The first kappa shape index (κ1) is 112. The number of hydrogen-bond donors (Lipinski definition) is 16. The van der Waals surface area contributed by atoms with Gasteiger partial charge in [0.2, 0.25) is 35.6 Å². The van der Waals surface area contributed by atoms with Crippen LogP contribution in [0.3, 0.4) is 0 Å². The van der Waals surface area contributed by atoms with Crippen molar-refractivity contribution in [2.45, 2.75) is 258 Å². The molecule has 7 rings (SSSR count). The number of aliphatic hydroxyl groups excluding tert-OH is 1. The Labute approximate surface area is 802 Å². The van der Waals surface area contributed by atoms with Gasteiger partial charge in [-0.2, -0.15) is 0 Å². The first-order chi connectivity index (χ1) is 64.4. The van der Waals surface area contributed by atoms with E-state index in [2.05, 4.69) is 42.5 Å². The Bertz CT molecular complexity index is 4950. The first-order valence-electron chi connectivity index (χ1n) is 45.5. The van der Waals surface area contributed by atoms with Gasteiger partial charge in [0.1, 0.15) is 36.0 Å². The number of hydrogen-bond acceptors (Lipinski definition) is 30. The molecular weight excluding hydrogens is 1820 g/mol. The van der Waals surface area contributed by atoms with Gasteiger partial charge in [0.25, 0.3) is 5.91 Å². The summed E-state index contributed by atoms with van der Waals surface area (Å²) in [6.07, 6.45) is -15.3. The van der Waals surface area contributed by atoms with Gasteiger partial charge in [-0.1, -0.05) is 144 Å². The Morgan fingerprint density at radius 2 is 1.19 bits per heavy atom. The number of carboxylic acids is 2. The van der Waals surface area contributed by atoms with E-state index in [1.807, 2.05) is 0 Å². The van der Waals surface area contributed by atoms with Crippen LogP contribution in [0.5, 0.6) is 0 Å². The summed E-state index contributed by atoms with van der Waals surface area (Å²) in [5.74, 6) is -24.2. The van der Waals surface area contributed by atoms with Crippen molar-refractivity contribution in [3.8, 4) is 0 Å². The third-order valence-electron chi connectivity index (χ3n) is 25.4. The van der Waals surface area contributed by atoms with Crippen LogP contribution in [0.2, 0.25) is 0 Å². The Hall–Kier alpha value is -12.0. The van der Waals surface area contributed by atoms with Crippen molar-refractivity contribution in [2.75, 3.05) is 37.7 Å². The topological polar surface area (TPSA) is 640 Å². The number of fused-ring (bicyclic) bond motifs is 5. The predicted molar refractivity (Wildman–Crippen MR) is 498 cm³/mol. The SMILES string of the molecule is CC(=O)N[C@@H](CSSCCCC(=O)O[C@@H](C(=O)O[C@H]1C[C@@]2(O)[C@@H](OC(=O)c3ccccc3)[C@@H]3[C@]4(OC(C)=O)CO[C@@H]4C[C@H](O)[C@@]3(C)C(=O)C(OC(C)=O)C(=C1C)C2(C)C)[C@@H](NC(=O)c1ccccc1)c1ccccc1)C(=O)CCC(=O)N[C@H](C(=O)CC(C(=O)N[C@H](C(=O)C[C@@H](CCCNC(=N)N)C(=O)NCC(=O)C[C@@H](CC(=O)O)C(=O)N[C@@H](CCCNC(=N)N)C(=O)O)C(C)C)C(C)C)C(C)C. The molecule has 137 heavy (non-hydrogen) atoms. The number of carbonyl (C=O) groups excluding carboxylic acids is 16. The molecule has 3 aliphatic carbocycles. The van der Waals surface area contributed by atoms with Crippen molar-refractivity contribution in [1.29, 1.82) is 10.8 Å². The molecule has 42 heteroatoms. The van der Waals surface area contributed by atoms with Crippen molar-refractivity contribution in [3.05, 3.63) is 119 Å². The molecule has 18 atom stereocenters. The first-order valence-corrected chi connectivity index (χ1v) is 48.0. The number of nitrogens with one attached hydrogen (secondary N) is 10. The second-order valence-electron chi connectivity index (χ2n) is 36.8. The van der Waals surface area contributed by atoms with Crippen LogP contribution in [0, 0.1) is 63.1 Å². The van der Waals surface area contributed by atoms with Crippen LogP contribution < -0.4 is 54.0 Å². The zero-order valence-electron chi connectivity index (χ0n) is 79.3. The highest BCUT2D eigenvalue weighted by Crippen LogP contribution is 2.65. The standard InChI is InChI=1S/C95H130N12O28S2/c1-49(2)62(86(124)106-76(51(5)6)66(113)41-59(32-23-37-100-90(96)97)83(121)102-46-61(111)40-60(42-72(117)118)85(123)104-63(87(125)126)33-24-38-101-91(98)99)43-67(114)75(50(3)4)105-71(116)36-35-65(112)64(103-53(8)108)47-137-136-39-25-34-73(119)133-79(77(56-26-17-14-18-27-56)107-84(122)57-28-19-15-20-29-57)89(128)132-68-45-95(129)82(134-88(127)58-30-21-16-22-31-58)80-93(13,69(115)44-70-94(80,48-130-70)135-55(10)110)81(120)78(131-54(9)109)74(52(68)7)92(95,11)12/h14-22,26-31,49-51,59-60,62-64,68-70,75-80,82,115,129H,23-25,32-48H2,1-13H3,(H,102,121)(H,103,108)(H,104,123)(H,105,116)(H,106,124)(H,107,122)(H,117,118)(H,125,126)(H4,96,97,100)(H4,98,99,101)/t59-,60+,62?,63+,64+,68+,69+,70-,75+,76+,77+,78?,79-,80+,82+,93-,94+,95-/m1/s1. The zero-order valence-corrected chi connectivity index (χ0v) is 80.9. The van der Waals surface area contributed by atoms with Gasteiger partial charge in [0.15, 0.2) is 52.5 Å². The molecule has 6 amide bonds. The van der Waals surface area contributed by atoms with Crippen molar-refractivity contribution < 1.29 is 135 Å². The molecule has 3 fully saturated rings. The van der Waals surface area contributed by atoms with Gasteiger partial charge < -0.3 is 103 Å². The van der Waals surface area contributed by atoms with Crippen molar-refractivity contribution in [1.82, 2.24) is 42.5 Å². The zero-order chi connectivity index (χ0) is 102. The van der Waals surface area contributed by atoms with E-state index < -0.39 is 301 Å². The maximum atomic E-state index is 16.0. The molecule has 2 unspecified atom stereocenters. The minimum absolute atomic E-state index is 0.0205. The van der Waals surface area contributed by atoms with Gasteiger partial charge >= 0.3 is 41.8 Å². The van der Waals surface area contributed by atoms with Crippen LogP contribution in [0.25, 0.3) is 0 Å². The average Bonchev–Trinajstić information content (AvgIpc) is 0.666. The molecule has 18 N–H and O–H groups in total. The summed E-state index contributed by atoms with van der Waals surface area (Å²) in [5, 5.41) is 81.5. The van der Waals surface area contributed by atoms with E-state index in [1.54, 1.807) is 108 Å². The quantitative estimate of drug-likeness (QED) is 0.00695. The summed E-state index contributed by atoms with van der Waals surface area (Å²) in [7, 11) is 2.32. The molecule has 0 aromatic heterocycles. The van der Waals surface area contributed by atoms with Crippen LogP contribution in [0.15, 0.2) is 102 Å². The van der Waals surface area contributed by atoms with Crippen molar-refractivity contribution in [2.24, 2.45) is 63.7 Å². The highest BCUT2D eigenvalue weighted by Gasteiger charge is 2.78. The molecule has 1 saturated heterocycles. The maximum Gasteiger partial charge on any atom is 0.350 e. The number of Topliss-reactive ketones (excluding diaryl/α,β-unsaturated/α-hetero) is 5. The molecule has 40 nitrogen and oxygen atoms in total. The second-order valence-corrected chi connectivity index (χ2v) is 39.4. The molecule has 3 aromatic carbocycles. The summed E-state index contributed by atoms with van der Waals surface area (Å²) >= 11 is 0. The molecule has 2 saturated carbocycles. The fourth-order valence-electron chi connectivity index (χ4n) is 18.0. The minimum Gasteiger partial charge on any atom is -0.481 e. The van der Waals surface area contributed by atoms with Crippen LogP contribution in [-0.4, -0.2) is 248 Å². The van der Waals surface area contributed by atoms with Gasteiger partial charge in [0.05, 0.1) is 66.6 Å². The van der Waals surface area contributed by atoms with E-state index >= 15 is 9.59 Å². The molecule has 750 valence electrons. The lowest BCUT2D eigenvalue weighted by atomic mass is 9.44. The van der Waals surface area contributed by atoms with E-state index in [4.69, 9.17) is 50.7 Å². The van der Waals surface area contributed by atoms with Gasteiger partial charge in [-0.25, -0.2) is 14.4 Å². The molecule has 1 aliphatic heterocycles. The van der Waals surface area contributed by atoms with E-state index in [-0.39, 0.29) is 103 Å². The average molecular weight is 1950 g/mol. The van der Waals surface area contributed by atoms with Crippen molar-refractivity contribution in [3.63, 3.8) is 0 Å². The normalized spacial score (nSPS) is 22.1. The lowest BCUT2D eigenvalue weighted by Crippen LogP contribution is -2.82. The largest absolute Gasteiger partial charge is 0.481 e. The minimum atomic E-state index is -2.58. The Morgan fingerprint density at radius 1 is 0.606 bits per heavy atom. The Kier molecular flexibility index (Phi) is 41.6. The second kappa shape index (κ2) is 50.9. The molecule has 2 bridgehead atoms. The van der Waals surface area contributed by atoms with Crippen LogP contribution in [0.4, 0.5) is 0 Å². The number of amides is 6. The highest BCUT2D eigenvalue weighted by molar-refractivity contribution is 8.76. The lowest BCUT2D eigenvalue weighted by molar-refractivity contribution is -0.346. The number of esters is 5. The van der Waals surface area contributed by atoms with Crippen LogP contribution in [-0.2, 0) is 105 Å². The number of benzene rings is 3. The maximum absolute atomic E-state index is 16.0. The van der Waals surface area contributed by atoms with E-state index in [0.717, 1.165) is 24.6 Å². The number of rotatable bonds is 53. The number of carbonyl (C=O) groups is 18. The predicted octanol–water partition coefficient (Wildman–Crippen LogP) is 4.65. The van der Waals surface area contributed by atoms with Gasteiger partial charge in [0, 0.05) is 120 Å². The Morgan fingerprint density at radius 3 is 1.74 bits per heavy atom. The van der Waals surface area contributed by atoms with Crippen LogP contribution >= 0.6 is 21.6 Å². The number of carboxylic acid groups (broad SMARTS) is 2. The van der Waals surface area contributed by atoms with Crippen LogP contribution in [0.1, 0.15) is 212 Å². The molecule has 1 heterocycles. The summed E-state index contributed by atoms with van der Waals surface area (Å²) in [6.45, 7) is 18.0. The lowest BCUT2D eigenvalue weighted by Gasteiger charge is -2.67. The van der Waals surface area contributed by atoms with Crippen molar-refractivity contribution >= 4 is 140 Å². The molecule has 4 aliphatic rings. The molecule has 3 aromatic rings. The van der Waals surface area contributed by atoms with E-state index in [9.17, 15) is 97.1 Å². The fourth-order valence-corrected chi connectivity index (χ4v) is 20.3. The monoisotopic (exact) mass is 1950 g/mol. The van der Waals surface area contributed by atoms with Gasteiger partial charge in [-0.15, -0.1) is 0 Å². The fraction of sp³-hybridized carbons (Fsp3) is 0.579. The van der Waals surface area contributed by atoms with Gasteiger partial charge in [-0.05, 0) is 105 Å².